The summed E-state index contributed by atoms with van der Waals surface area (Å²) >= 11 is 1.46. The van der Waals surface area contributed by atoms with Gasteiger partial charge in [-0.05, 0) is 28.8 Å². The number of carbonyl (C=O) groups is 3. The molecule has 10 nitrogen and oxygen atoms in total. The van der Waals surface area contributed by atoms with Crippen molar-refractivity contribution in [3.63, 3.8) is 0 Å². The molecule has 6 rings (SSSR count). The van der Waals surface area contributed by atoms with E-state index in [0.29, 0.717) is 22.8 Å². The van der Waals surface area contributed by atoms with Crippen molar-refractivity contribution in [2.45, 2.75) is 31.1 Å². The first-order chi connectivity index (χ1) is 20.4. The number of esters is 2. The van der Waals surface area contributed by atoms with E-state index in [1.54, 1.807) is 18.2 Å². The van der Waals surface area contributed by atoms with Crippen molar-refractivity contribution in [2.75, 3.05) is 17.7 Å². The van der Waals surface area contributed by atoms with Crippen molar-refractivity contribution < 1.29 is 29.0 Å². The minimum atomic E-state index is -0.708. The molecule has 4 aromatic rings. The Kier molecular flexibility index (Phi) is 7.68. The van der Waals surface area contributed by atoms with E-state index < -0.39 is 29.5 Å². The number of ether oxygens (including phenoxy) is 2. The zero-order valence-electron chi connectivity index (χ0n) is 22.7. The van der Waals surface area contributed by atoms with Crippen LogP contribution in [0.5, 0.6) is 0 Å². The number of aliphatic hydroxyl groups excluding tert-OH is 1. The molecule has 0 spiro atoms. The predicted octanol–water partition coefficient (Wildman–Crippen LogP) is 3.90. The van der Waals surface area contributed by atoms with Crippen molar-refractivity contribution in [3.8, 4) is 0 Å². The van der Waals surface area contributed by atoms with E-state index in [4.69, 9.17) is 9.47 Å². The quantitative estimate of drug-likeness (QED) is 0.198. The first kappa shape index (κ1) is 27.6. The van der Waals surface area contributed by atoms with Crippen LogP contribution in [0.1, 0.15) is 29.7 Å². The van der Waals surface area contributed by atoms with E-state index in [1.165, 1.54) is 23.6 Å². The highest BCUT2D eigenvalue weighted by Gasteiger charge is 2.54. The summed E-state index contributed by atoms with van der Waals surface area (Å²) < 4.78 is 11.4. The van der Waals surface area contributed by atoms with E-state index in [1.807, 2.05) is 60.7 Å². The van der Waals surface area contributed by atoms with Crippen LogP contribution < -0.4 is 5.32 Å². The SMILES string of the molecule is CC(=O)OCC1=C(C(=O)OC(c2ccccc2)c2ccccc2)N2C(=O)[C@@H](Nc3nc4ccc(CO)cc4[nH]3)[C@H]2SC1. The molecule has 2 aliphatic rings. The maximum atomic E-state index is 13.9. The van der Waals surface area contributed by atoms with Gasteiger partial charge in [0, 0.05) is 18.2 Å². The number of aromatic amines is 1. The fraction of sp³-hybridized carbons (Fsp3) is 0.226. The van der Waals surface area contributed by atoms with Crippen molar-refractivity contribution in [1.82, 2.24) is 14.9 Å². The van der Waals surface area contributed by atoms with E-state index in [-0.39, 0.29) is 24.8 Å². The molecule has 3 aromatic carbocycles. The van der Waals surface area contributed by atoms with E-state index in [9.17, 15) is 19.5 Å². The number of rotatable bonds is 9. The number of anilines is 1. The third-order valence-corrected chi connectivity index (χ3v) is 8.48. The lowest BCUT2D eigenvalue weighted by molar-refractivity contribution is -0.152. The molecule has 0 unspecified atom stereocenters. The number of aromatic nitrogens is 2. The number of hydrogen-bond acceptors (Lipinski definition) is 9. The predicted molar refractivity (Wildman–Crippen MR) is 157 cm³/mol. The lowest BCUT2D eigenvalue weighted by atomic mass is 10.0. The van der Waals surface area contributed by atoms with Crippen molar-refractivity contribution in [2.24, 2.45) is 0 Å². The molecular formula is C31H28N4O6S. The summed E-state index contributed by atoms with van der Waals surface area (Å²) in [6.45, 7) is 1.08. The summed E-state index contributed by atoms with van der Waals surface area (Å²) in [5.74, 6) is -0.714. The van der Waals surface area contributed by atoms with Gasteiger partial charge < -0.3 is 24.9 Å². The lowest BCUT2D eigenvalue weighted by Crippen LogP contribution is -2.68. The molecule has 214 valence electrons. The van der Waals surface area contributed by atoms with Gasteiger partial charge in [0.2, 0.25) is 5.95 Å². The Morgan fingerprint density at radius 1 is 1.10 bits per heavy atom. The van der Waals surface area contributed by atoms with Gasteiger partial charge in [-0.3, -0.25) is 14.5 Å². The fourth-order valence-electron chi connectivity index (χ4n) is 5.09. The first-order valence-corrected chi connectivity index (χ1v) is 14.4. The molecule has 1 saturated heterocycles. The highest BCUT2D eigenvalue weighted by atomic mass is 32.2. The maximum absolute atomic E-state index is 13.9. The lowest BCUT2D eigenvalue weighted by Gasteiger charge is -2.49. The number of hydrogen-bond donors (Lipinski definition) is 3. The Morgan fingerprint density at radius 2 is 1.79 bits per heavy atom. The van der Waals surface area contributed by atoms with Crippen molar-refractivity contribution >= 4 is 46.6 Å². The Bertz CT molecular complexity index is 1630. The third kappa shape index (κ3) is 5.36. The van der Waals surface area contributed by atoms with Crippen LogP contribution in [0.3, 0.4) is 0 Å². The van der Waals surface area contributed by atoms with Crippen molar-refractivity contribution in [1.29, 1.82) is 0 Å². The molecule has 0 bridgehead atoms. The maximum Gasteiger partial charge on any atom is 0.356 e. The zero-order valence-corrected chi connectivity index (χ0v) is 23.5. The highest BCUT2D eigenvalue weighted by Crippen LogP contribution is 2.42. The molecule has 1 aromatic heterocycles. The summed E-state index contributed by atoms with van der Waals surface area (Å²) in [6.07, 6.45) is -0.708. The van der Waals surface area contributed by atoms with Crippen LogP contribution in [0.4, 0.5) is 5.95 Å². The Morgan fingerprint density at radius 3 is 2.43 bits per heavy atom. The van der Waals surface area contributed by atoms with Crippen LogP contribution in [-0.4, -0.2) is 61.6 Å². The smallest absolute Gasteiger partial charge is 0.356 e. The number of β-lactam (4-membered cyclic amide) rings is 1. The molecule has 0 radical (unpaired) electrons. The topological polar surface area (TPSA) is 134 Å². The first-order valence-electron chi connectivity index (χ1n) is 13.4. The standard InChI is InChI=1S/C31H28N4O6S/c1-18(37)40-16-22-17-42-29-25(34-31-32-23-13-12-19(15-36)14-24(23)33-31)28(38)35(29)26(22)30(39)41-27(20-8-4-2-5-9-20)21-10-6-3-7-11-21/h2-14,25,27,29,36H,15-17H2,1H3,(H2,32,33,34)/t25-,29-/m1/s1. The minimum absolute atomic E-state index is 0.0944. The van der Waals surface area contributed by atoms with Crippen LogP contribution in [0, 0.1) is 0 Å². The van der Waals surface area contributed by atoms with E-state index in [2.05, 4.69) is 15.3 Å². The van der Waals surface area contributed by atoms with Crippen LogP contribution in [0.2, 0.25) is 0 Å². The van der Waals surface area contributed by atoms with Gasteiger partial charge in [0.05, 0.1) is 17.6 Å². The summed E-state index contributed by atoms with van der Waals surface area (Å²) in [4.78, 5) is 48.2. The number of H-pyrrole nitrogens is 1. The van der Waals surface area contributed by atoms with Gasteiger partial charge in [0.1, 0.15) is 23.7 Å². The van der Waals surface area contributed by atoms with Crippen LogP contribution >= 0.6 is 11.8 Å². The van der Waals surface area contributed by atoms with Gasteiger partial charge in [-0.1, -0.05) is 66.7 Å². The molecule has 3 heterocycles. The number of amides is 1. The number of aliphatic hydroxyl groups is 1. The van der Waals surface area contributed by atoms with Crippen LogP contribution in [0.25, 0.3) is 11.0 Å². The number of carbonyl (C=O) groups excluding carboxylic acids is 3. The van der Waals surface area contributed by atoms with Crippen molar-refractivity contribution in [3.05, 3.63) is 107 Å². The third-order valence-electron chi connectivity index (χ3n) is 7.14. The monoisotopic (exact) mass is 584 g/mol. The number of benzene rings is 3. The largest absolute Gasteiger partial charge is 0.461 e. The second kappa shape index (κ2) is 11.7. The van der Waals surface area contributed by atoms with Crippen LogP contribution in [0.15, 0.2) is 90.1 Å². The normalized spacial score (nSPS) is 18.1. The molecule has 1 amide bonds. The Hall–Kier alpha value is -4.61. The summed E-state index contributed by atoms with van der Waals surface area (Å²) in [6, 6.07) is 23.5. The number of imidazole rings is 1. The van der Waals surface area contributed by atoms with Gasteiger partial charge in [0.15, 0.2) is 6.10 Å². The summed E-state index contributed by atoms with van der Waals surface area (Å²) in [5.41, 5.74) is 4.32. The van der Waals surface area contributed by atoms with E-state index >= 15 is 0 Å². The van der Waals surface area contributed by atoms with E-state index in [0.717, 1.165) is 22.2 Å². The van der Waals surface area contributed by atoms with Gasteiger partial charge >= 0.3 is 11.9 Å². The Labute approximate surface area is 245 Å². The average molecular weight is 585 g/mol. The molecule has 11 heteroatoms. The van der Waals surface area contributed by atoms with Gasteiger partial charge in [-0.2, -0.15) is 0 Å². The number of nitrogens with zero attached hydrogens (tertiary/aromatic N) is 2. The number of fused-ring (bicyclic) bond motifs is 2. The average Bonchev–Trinajstić information content (AvgIpc) is 3.43. The highest BCUT2D eigenvalue weighted by molar-refractivity contribution is 8.00. The second-order valence-electron chi connectivity index (χ2n) is 9.97. The molecule has 1 fully saturated rings. The summed E-state index contributed by atoms with van der Waals surface area (Å²) in [5, 5.41) is 12.2. The molecular weight excluding hydrogens is 556 g/mol. The number of thioether (sulfide) groups is 1. The molecule has 3 N–H and O–H groups in total. The second-order valence-corrected chi connectivity index (χ2v) is 11.1. The molecule has 2 atom stereocenters. The van der Waals surface area contributed by atoms with Gasteiger partial charge in [-0.25, -0.2) is 9.78 Å². The molecule has 0 aliphatic carbocycles. The van der Waals surface area contributed by atoms with Gasteiger partial charge in [0.25, 0.3) is 5.91 Å². The fourth-order valence-corrected chi connectivity index (χ4v) is 6.42. The van der Waals surface area contributed by atoms with Gasteiger partial charge in [-0.15, -0.1) is 11.8 Å². The summed E-state index contributed by atoms with van der Waals surface area (Å²) in [7, 11) is 0. The van der Waals surface area contributed by atoms with Crippen LogP contribution in [-0.2, 0) is 30.5 Å². The molecule has 0 saturated carbocycles. The zero-order chi connectivity index (χ0) is 29.2. The minimum Gasteiger partial charge on any atom is -0.461 e. The number of nitrogens with one attached hydrogen (secondary N) is 2. The molecule has 2 aliphatic heterocycles. The Balaban J connectivity index is 1.28. The molecule has 42 heavy (non-hydrogen) atoms.